The molecule has 0 bridgehead atoms. The third-order valence-electron chi connectivity index (χ3n) is 5.16. The number of fused-ring (bicyclic) bond motifs is 1. The maximum Gasteiger partial charge on any atom is 0.233 e. The monoisotopic (exact) mass is 344 g/mol. The van der Waals surface area contributed by atoms with E-state index >= 15 is 0 Å². The fourth-order valence-corrected chi connectivity index (χ4v) is 3.80. The summed E-state index contributed by atoms with van der Waals surface area (Å²) in [6.45, 7) is 0.526. The second-order valence-electron chi connectivity index (χ2n) is 6.66. The first-order valence-electron chi connectivity index (χ1n) is 8.85. The van der Waals surface area contributed by atoms with Crippen LogP contribution in [0.25, 0.3) is 0 Å². The fourth-order valence-electron chi connectivity index (χ4n) is 3.80. The van der Waals surface area contributed by atoms with E-state index in [-0.39, 0.29) is 42.5 Å². The van der Waals surface area contributed by atoms with Crippen LogP contribution in [0.1, 0.15) is 37.7 Å². The SMILES string of the molecule is COc1ccccc1CNC(=O)CCN1C(=O)[C@H]2CCCC[C@H]2C1=O. The van der Waals surface area contributed by atoms with Gasteiger partial charge >= 0.3 is 0 Å². The molecule has 3 amide bonds. The zero-order chi connectivity index (χ0) is 17.8. The van der Waals surface area contributed by atoms with Crippen molar-refractivity contribution in [3.05, 3.63) is 29.8 Å². The molecule has 0 aromatic heterocycles. The number of methoxy groups -OCH3 is 1. The molecular formula is C19H24N2O4. The Morgan fingerprint density at radius 2 is 1.80 bits per heavy atom. The number of rotatable bonds is 6. The van der Waals surface area contributed by atoms with Gasteiger partial charge < -0.3 is 10.1 Å². The summed E-state index contributed by atoms with van der Waals surface area (Å²) in [7, 11) is 1.59. The van der Waals surface area contributed by atoms with Crippen LogP contribution in [0.2, 0.25) is 0 Å². The normalized spacial score (nSPS) is 22.7. The molecule has 0 unspecified atom stereocenters. The first-order valence-corrected chi connectivity index (χ1v) is 8.85. The van der Waals surface area contributed by atoms with Crippen LogP contribution in [0.5, 0.6) is 5.75 Å². The summed E-state index contributed by atoms with van der Waals surface area (Å²) >= 11 is 0. The van der Waals surface area contributed by atoms with Crippen LogP contribution >= 0.6 is 0 Å². The van der Waals surface area contributed by atoms with Crippen LogP contribution in [-0.4, -0.2) is 36.3 Å². The van der Waals surface area contributed by atoms with Gasteiger partial charge in [-0.25, -0.2) is 0 Å². The zero-order valence-electron chi connectivity index (χ0n) is 14.5. The van der Waals surface area contributed by atoms with Crippen molar-refractivity contribution in [1.82, 2.24) is 10.2 Å². The predicted molar refractivity (Wildman–Crippen MR) is 91.6 cm³/mol. The number of carbonyl (C=O) groups excluding carboxylic acids is 3. The Morgan fingerprint density at radius 3 is 2.44 bits per heavy atom. The Labute approximate surface area is 147 Å². The Kier molecular flexibility index (Phi) is 5.36. The van der Waals surface area contributed by atoms with Gasteiger partial charge in [0, 0.05) is 25.1 Å². The number of likely N-dealkylation sites (tertiary alicyclic amines) is 1. The second-order valence-corrected chi connectivity index (χ2v) is 6.66. The summed E-state index contributed by atoms with van der Waals surface area (Å²) in [6, 6.07) is 7.48. The number of ether oxygens (including phenoxy) is 1. The van der Waals surface area contributed by atoms with Crippen molar-refractivity contribution < 1.29 is 19.1 Å². The Bertz CT molecular complexity index is 649. The van der Waals surface area contributed by atoms with Crippen molar-refractivity contribution in [3.8, 4) is 5.75 Å². The van der Waals surface area contributed by atoms with Crippen LogP contribution in [0, 0.1) is 11.8 Å². The minimum Gasteiger partial charge on any atom is -0.496 e. The molecule has 0 spiro atoms. The largest absolute Gasteiger partial charge is 0.496 e. The molecule has 1 N–H and O–H groups in total. The number of para-hydroxylation sites is 1. The number of benzene rings is 1. The van der Waals surface area contributed by atoms with Gasteiger partial charge in [0.2, 0.25) is 17.7 Å². The van der Waals surface area contributed by atoms with E-state index in [1.807, 2.05) is 24.3 Å². The standard InChI is InChI=1S/C19H24N2O4/c1-25-16-9-5-2-6-13(16)12-20-17(22)10-11-21-18(23)14-7-3-4-8-15(14)19(21)24/h2,5-6,9,14-15H,3-4,7-8,10-12H2,1H3,(H,20,22)/t14-,15+. The number of hydrogen-bond acceptors (Lipinski definition) is 4. The first kappa shape index (κ1) is 17.5. The minimum atomic E-state index is -0.179. The lowest BCUT2D eigenvalue weighted by atomic mass is 9.81. The lowest BCUT2D eigenvalue weighted by molar-refractivity contribution is -0.140. The van der Waals surface area contributed by atoms with E-state index in [4.69, 9.17) is 4.74 Å². The molecule has 6 heteroatoms. The number of nitrogens with zero attached hydrogens (tertiary/aromatic N) is 1. The van der Waals surface area contributed by atoms with E-state index in [9.17, 15) is 14.4 Å². The highest BCUT2D eigenvalue weighted by atomic mass is 16.5. The molecule has 0 radical (unpaired) electrons. The van der Waals surface area contributed by atoms with Crippen LogP contribution in [-0.2, 0) is 20.9 Å². The molecule has 1 aliphatic heterocycles. The molecule has 3 rings (SSSR count). The van der Waals surface area contributed by atoms with E-state index in [2.05, 4.69) is 5.32 Å². The molecule has 1 aromatic carbocycles. The van der Waals surface area contributed by atoms with Gasteiger partial charge in [-0.05, 0) is 18.9 Å². The van der Waals surface area contributed by atoms with Gasteiger partial charge in [-0.15, -0.1) is 0 Å². The summed E-state index contributed by atoms with van der Waals surface area (Å²) in [5.41, 5.74) is 0.887. The van der Waals surface area contributed by atoms with Crippen molar-refractivity contribution in [1.29, 1.82) is 0 Å². The molecule has 1 saturated heterocycles. The first-order chi connectivity index (χ1) is 12.1. The van der Waals surface area contributed by atoms with Crippen molar-refractivity contribution in [3.63, 3.8) is 0 Å². The van der Waals surface area contributed by atoms with Gasteiger partial charge in [0.15, 0.2) is 0 Å². The van der Waals surface area contributed by atoms with Crippen LogP contribution in [0.3, 0.4) is 0 Å². The smallest absolute Gasteiger partial charge is 0.233 e. The number of carbonyl (C=O) groups is 3. The van der Waals surface area contributed by atoms with Crippen molar-refractivity contribution in [2.75, 3.05) is 13.7 Å². The molecule has 1 heterocycles. The van der Waals surface area contributed by atoms with Gasteiger partial charge in [0.05, 0.1) is 18.9 Å². The van der Waals surface area contributed by atoms with Crippen molar-refractivity contribution in [2.45, 2.75) is 38.6 Å². The highest BCUT2D eigenvalue weighted by Crippen LogP contribution is 2.37. The summed E-state index contributed by atoms with van der Waals surface area (Å²) in [5.74, 6) is 0.0494. The fraction of sp³-hybridized carbons (Fsp3) is 0.526. The minimum absolute atomic E-state index is 0.0905. The van der Waals surface area contributed by atoms with Crippen LogP contribution in [0.15, 0.2) is 24.3 Å². The lowest BCUT2D eigenvalue weighted by Gasteiger charge is -2.19. The van der Waals surface area contributed by atoms with E-state index < -0.39 is 0 Å². The van der Waals surface area contributed by atoms with Crippen molar-refractivity contribution in [2.24, 2.45) is 11.8 Å². The van der Waals surface area contributed by atoms with Gasteiger partial charge in [-0.1, -0.05) is 31.0 Å². The van der Waals surface area contributed by atoms with Gasteiger partial charge in [0.1, 0.15) is 5.75 Å². The second kappa shape index (κ2) is 7.68. The average molecular weight is 344 g/mol. The quantitative estimate of drug-likeness (QED) is 0.800. The number of hydrogen-bond donors (Lipinski definition) is 1. The Balaban J connectivity index is 1.50. The number of nitrogens with one attached hydrogen (secondary N) is 1. The van der Waals surface area contributed by atoms with Crippen LogP contribution < -0.4 is 10.1 Å². The lowest BCUT2D eigenvalue weighted by Crippen LogP contribution is -2.35. The molecule has 1 saturated carbocycles. The molecule has 25 heavy (non-hydrogen) atoms. The van der Waals surface area contributed by atoms with E-state index in [1.165, 1.54) is 4.90 Å². The van der Waals surface area contributed by atoms with Crippen LogP contribution in [0.4, 0.5) is 0 Å². The van der Waals surface area contributed by atoms with Crippen molar-refractivity contribution >= 4 is 17.7 Å². The molecule has 134 valence electrons. The average Bonchev–Trinajstić information content (AvgIpc) is 2.89. The van der Waals surface area contributed by atoms with Gasteiger partial charge in [-0.2, -0.15) is 0 Å². The molecular weight excluding hydrogens is 320 g/mol. The summed E-state index contributed by atoms with van der Waals surface area (Å²) in [6.07, 6.45) is 3.74. The Hall–Kier alpha value is -2.37. The number of amides is 3. The highest BCUT2D eigenvalue weighted by molar-refractivity contribution is 6.05. The molecule has 2 fully saturated rings. The predicted octanol–water partition coefficient (Wildman–Crippen LogP) is 1.88. The molecule has 6 nitrogen and oxygen atoms in total. The third kappa shape index (κ3) is 3.67. The summed E-state index contributed by atoms with van der Waals surface area (Å²) in [4.78, 5) is 38.2. The molecule has 2 aliphatic rings. The molecule has 1 aliphatic carbocycles. The maximum absolute atomic E-state index is 12.4. The number of imide groups is 1. The maximum atomic E-state index is 12.4. The summed E-state index contributed by atoms with van der Waals surface area (Å²) in [5, 5.41) is 2.82. The van der Waals surface area contributed by atoms with E-state index in [1.54, 1.807) is 7.11 Å². The Morgan fingerprint density at radius 1 is 1.16 bits per heavy atom. The zero-order valence-corrected chi connectivity index (χ0v) is 14.5. The third-order valence-corrected chi connectivity index (χ3v) is 5.16. The summed E-state index contributed by atoms with van der Waals surface area (Å²) < 4.78 is 5.25. The molecule has 2 atom stereocenters. The topological polar surface area (TPSA) is 75.7 Å². The van der Waals surface area contributed by atoms with E-state index in [0.717, 1.165) is 37.0 Å². The van der Waals surface area contributed by atoms with Gasteiger partial charge in [0.25, 0.3) is 0 Å². The van der Waals surface area contributed by atoms with E-state index in [0.29, 0.717) is 6.54 Å². The molecule has 1 aromatic rings. The van der Waals surface area contributed by atoms with Gasteiger partial charge in [-0.3, -0.25) is 19.3 Å². The highest BCUT2D eigenvalue weighted by Gasteiger charge is 2.47.